The maximum absolute atomic E-state index is 5.58. The molecule has 2 aromatic rings. The molecule has 4 nitrogen and oxygen atoms in total. The van der Waals surface area contributed by atoms with Crippen molar-refractivity contribution in [2.45, 2.75) is 13.1 Å². The summed E-state index contributed by atoms with van der Waals surface area (Å²) in [7, 11) is 3.26. The molecule has 0 heterocycles. The Morgan fingerprint density at radius 2 is 1.75 bits per heavy atom. The minimum atomic E-state index is 0.254. The minimum absolute atomic E-state index is 0.254. The van der Waals surface area contributed by atoms with Crippen LogP contribution in [0.2, 0.25) is 0 Å². The van der Waals surface area contributed by atoms with E-state index in [0.717, 1.165) is 32.8 Å². The molecule has 2 rings (SSSR count). The molecule has 0 amide bonds. The molecule has 1 N–H and O–H groups in total. The molecule has 0 aliphatic carbocycles. The molecule has 0 unspecified atom stereocenters. The largest absolute Gasteiger partial charge is 0.493 e. The third kappa shape index (κ3) is 4.92. The number of hydrogen-bond donors (Lipinski definition) is 1. The molecule has 0 fully saturated rings. The topological polar surface area (TPSA) is 39.7 Å². The standard InChI is InChI=1S/C19H20BrNO3/c1-4-9-24-17-8-6-16(20)11-15(17)13-21-12-14-5-7-18(22-2)19(10-14)23-3/h1,5-8,10-11,21H,9,12-13H2,2-3H3. The van der Waals surface area contributed by atoms with Crippen molar-refractivity contribution in [3.8, 4) is 29.6 Å². The van der Waals surface area contributed by atoms with Gasteiger partial charge in [-0.1, -0.05) is 27.9 Å². The molecule has 0 saturated carbocycles. The second-order valence-corrected chi connectivity index (χ2v) is 5.95. The normalized spacial score (nSPS) is 10.1. The third-order valence-electron chi connectivity index (χ3n) is 3.43. The van der Waals surface area contributed by atoms with Crippen LogP contribution >= 0.6 is 15.9 Å². The van der Waals surface area contributed by atoms with E-state index in [1.165, 1.54) is 0 Å². The molecule has 0 aliphatic heterocycles. The van der Waals surface area contributed by atoms with Gasteiger partial charge in [-0.05, 0) is 35.9 Å². The number of benzene rings is 2. The van der Waals surface area contributed by atoms with Crippen molar-refractivity contribution in [1.29, 1.82) is 0 Å². The van der Waals surface area contributed by atoms with Crippen LogP contribution in [0.5, 0.6) is 17.2 Å². The van der Waals surface area contributed by atoms with Crippen molar-refractivity contribution in [3.63, 3.8) is 0 Å². The monoisotopic (exact) mass is 389 g/mol. The summed E-state index contributed by atoms with van der Waals surface area (Å²) in [6, 6.07) is 11.7. The molecule has 0 spiro atoms. The Labute approximate surface area is 151 Å². The smallest absolute Gasteiger partial charge is 0.161 e. The van der Waals surface area contributed by atoms with Crippen molar-refractivity contribution >= 4 is 15.9 Å². The highest BCUT2D eigenvalue weighted by Gasteiger charge is 2.07. The molecule has 24 heavy (non-hydrogen) atoms. The van der Waals surface area contributed by atoms with Crippen molar-refractivity contribution in [2.24, 2.45) is 0 Å². The number of nitrogens with one attached hydrogen (secondary N) is 1. The highest BCUT2D eigenvalue weighted by molar-refractivity contribution is 9.10. The van der Waals surface area contributed by atoms with Crippen molar-refractivity contribution in [2.75, 3.05) is 20.8 Å². The zero-order chi connectivity index (χ0) is 17.4. The zero-order valence-corrected chi connectivity index (χ0v) is 15.4. The van der Waals surface area contributed by atoms with Gasteiger partial charge >= 0.3 is 0 Å². The lowest BCUT2D eigenvalue weighted by Gasteiger charge is -2.13. The Morgan fingerprint density at radius 1 is 1.00 bits per heavy atom. The van der Waals surface area contributed by atoms with E-state index in [1.807, 2.05) is 36.4 Å². The number of hydrogen-bond acceptors (Lipinski definition) is 4. The summed E-state index contributed by atoms with van der Waals surface area (Å²) in [4.78, 5) is 0. The van der Waals surface area contributed by atoms with E-state index in [1.54, 1.807) is 14.2 Å². The Hall–Kier alpha value is -2.16. The number of terminal acetylenes is 1. The fraction of sp³-hybridized carbons (Fsp3) is 0.263. The molecule has 5 heteroatoms. The van der Waals surface area contributed by atoms with E-state index in [-0.39, 0.29) is 6.61 Å². The van der Waals surface area contributed by atoms with Crippen LogP contribution in [0, 0.1) is 12.3 Å². The quantitative estimate of drug-likeness (QED) is 0.697. The number of ether oxygens (including phenoxy) is 3. The number of methoxy groups -OCH3 is 2. The molecule has 0 aromatic heterocycles. The fourth-order valence-electron chi connectivity index (χ4n) is 2.28. The summed E-state index contributed by atoms with van der Waals surface area (Å²) in [5.41, 5.74) is 2.15. The second-order valence-electron chi connectivity index (χ2n) is 5.04. The fourth-order valence-corrected chi connectivity index (χ4v) is 2.69. The van der Waals surface area contributed by atoms with Gasteiger partial charge in [0.15, 0.2) is 11.5 Å². The summed E-state index contributed by atoms with van der Waals surface area (Å²) < 4.78 is 17.1. The Morgan fingerprint density at radius 3 is 2.46 bits per heavy atom. The highest BCUT2D eigenvalue weighted by Crippen LogP contribution is 2.28. The van der Waals surface area contributed by atoms with Gasteiger partial charge in [0.25, 0.3) is 0 Å². The van der Waals surface area contributed by atoms with Crippen LogP contribution < -0.4 is 19.5 Å². The summed E-state index contributed by atoms with van der Waals surface area (Å²) in [5.74, 6) is 4.71. The average Bonchev–Trinajstić information content (AvgIpc) is 2.61. The lowest BCUT2D eigenvalue weighted by atomic mass is 10.1. The molecule has 0 radical (unpaired) electrons. The van der Waals surface area contributed by atoms with E-state index in [9.17, 15) is 0 Å². The molecule has 0 atom stereocenters. The lowest BCUT2D eigenvalue weighted by molar-refractivity contribution is 0.354. The summed E-state index contributed by atoms with van der Waals surface area (Å²) >= 11 is 3.48. The van der Waals surface area contributed by atoms with Crippen LogP contribution in [0.25, 0.3) is 0 Å². The Balaban J connectivity index is 2.01. The number of rotatable bonds is 8. The molecule has 0 bridgehead atoms. The molecule has 0 aliphatic rings. The lowest BCUT2D eigenvalue weighted by Crippen LogP contribution is -2.14. The zero-order valence-electron chi connectivity index (χ0n) is 13.8. The van der Waals surface area contributed by atoms with Gasteiger partial charge in [-0.15, -0.1) is 6.42 Å². The van der Waals surface area contributed by atoms with Crippen LogP contribution in [0.3, 0.4) is 0 Å². The molecular formula is C19H20BrNO3. The maximum atomic E-state index is 5.58. The van der Waals surface area contributed by atoms with Gasteiger partial charge in [-0.2, -0.15) is 0 Å². The van der Waals surface area contributed by atoms with Gasteiger partial charge < -0.3 is 19.5 Å². The van der Waals surface area contributed by atoms with E-state index in [2.05, 4.69) is 27.2 Å². The second kappa shape index (κ2) is 9.21. The molecule has 2 aromatic carbocycles. The maximum Gasteiger partial charge on any atom is 0.161 e. The van der Waals surface area contributed by atoms with Gasteiger partial charge in [0.05, 0.1) is 14.2 Å². The summed E-state index contributed by atoms with van der Waals surface area (Å²) in [5, 5.41) is 3.40. The van der Waals surface area contributed by atoms with Crippen LogP contribution in [-0.4, -0.2) is 20.8 Å². The Bertz CT molecular complexity index is 725. The summed E-state index contributed by atoms with van der Waals surface area (Å²) in [6.07, 6.45) is 5.26. The van der Waals surface area contributed by atoms with Gasteiger partial charge in [-0.25, -0.2) is 0 Å². The third-order valence-corrected chi connectivity index (χ3v) is 3.92. The van der Waals surface area contributed by atoms with Gasteiger partial charge in [0, 0.05) is 23.1 Å². The SMILES string of the molecule is C#CCOc1ccc(Br)cc1CNCc1ccc(OC)c(OC)c1. The Kier molecular flexibility index (Phi) is 6.98. The molecular weight excluding hydrogens is 370 g/mol. The van der Waals surface area contributed by atoms with Crippen LogP contribution in [0.4, 0.5) is 0 Å². The first-order valence-electron chi connectivity index (χ1n) is 7.44. The average molecular weight is 390 g/mol. The first-order chi connectivity index (χ1) is 11.7. The van der Waals surface area contributed by atoms with E-state index < -0.39 is 0 Å². The molecule has 0 saturated heterocycles. The van der Waals surface area contributed by atoms with Crippen molar-refractivity contribution in [3.05, 3.63) is 52.0 Å². The van der Waals surface area contributed by atoms with E-state index >= 15 is 0 Å². The number of halogens is 1. The minimum Gasteiger partial charge on any atom is -0.493 e. The summed E-state index contributed by atoms with van der Waals surface area (Å²) in [6.45, 7) is 1.61. The predicted octanol–water partition coefficient (Wildman–Crippen LogP) is 3.77. The van der Waals surface area contributed by atoms with E-state index in [4.69, 9.17) is 20.6 Å². The van der Waals surface area contributed by atoms with Crippen LogP contribution in [0.1, 0.15) is 11.1 Å². The van der Waals surface area contributed by atoms with Crippen LogP contribution in [0.15, 0.2) is 40.9 Å². The highest BCUT2D eigenvalue weighted by atomic mass is 79.9. The van der Waals surface area contributed by atoms with Crippen molar-refractivity contribution < 1.29 is 14.2 Å². The van der Waals surface area contributed by atoms with Crippen molar-refractivity contribution in [1.82, 2.24) is 5.32 Å². The molecule has 126 valence electrons. The van der Waals surface area contributed by atoms with Crippen LogP contribution in [-0.2, 0) is 13.1 Å². The first-order valence-corrected chi connectivity index (χ1v) is 8.23. The predicted molar refractivity (Wildman–Crippen MR) is 98.6 cm³/mol. The van der Waals surface area contributed by atoms with Gasteiger partial charge in [0.1, 0.15) is 12.4 Å². The van der Waals surface area contributed by atoms with Gasteiger partial charge in [-0.3, -0.25) is 0 Å². The van der Waals surface area contributed by atoms with Gasteiger partial charge in [0.2, 0.25) is 0 Å². The van der Waals surface area contributed by atoms with E-state index in [0.29, 0.717) is 13.1 Å². The first kappa shape index (κ1) is 18.2.